The van der Waals surface area contributed by atoms with Crippen molar-refractivity contribution in [3.8, 4) is 0 Å². The Morgan fingerprint density at radius 1 is 1.37 bits per heavy atom. The van der Waals surface area contributed by atoms with E-state index in [-0.39, 0.29) is 11.3 Å². The number of nitrogen functional groups attached to an aromatic ring is 1. The highest BCUT2D eigenvalue weighted by molar-refractivity contribution is 5.95. The molecule has 1 amide bonds. The highest BCUT2D eigenvalue weighted by Gasteiger charge is 2.16. The molecule has 0 saturated heterocycles. The Kier molecular flexibility index (Phi) is 4.81. The number of rotatable bonds is 5. The van der Waals surface area contributed by atoms with Gasteiger partial charge in [0.15, 0.2) is 0 Å². The van der Waals surface area contributed by atoms with Gasteiger partial charge in [-0.1, -0.05) is 20.8 Å². The van der Waals surface area contributed by atoms with Crippen LogP contribution in [0.3, 0.4) is 0 Å². The monoisotopic (exact) mass is 263 g/mol. The maximum atomic E-state index is 11.9. The molecule has 3 N–H and O–H groups in total. The molecule has 1 aromatic rings. The molecule has 0 radical (unpaired) electrons. The number of hydrogen-bond donors (Lipinski definition) is 2. The summed E-state index contributed by atoms with van der Waals surface area (Å²) in [4.78, 5) is 13.5. The van der Waals surface area contributed by atoms with Crippen molar-refractivity contribution in [2.45, 2.75) is 27.2 Å². The Labute approximate surface area is 116 Å². The fourth-order valence-corrected chi connectivity index (χ4v) is 1.56. The van der Waals surface area contributed by atoms with Crippen LogP contribution in [-0.4, -0.2) is 31.4 Å². The fraction of sp³-hybridized carbons (Fsp3) is 0.533. The van der Waals surface area contributed by atoms with Crippen molar-refractivity contribution in [2.24, 2.45) is 5.41 Å². The van der Waals surface area contributed by atoms with Crippen LogP contribution in [0.15, 0.2) is 18.2 Å². The molecule has 0 aromatic heterocycles. The third kappa shape index (κ3) is 4.16. The fourth-order valence-electron chi connectivity index (χ4n) is 1.56. The van der Waals surface area contributed by atoms with Crippen LogP contribution in [0.2, 0.25) is 0 Å². The summed E-state index contributed by atoms with van der Waals surface area (Å²) in [7, 11) is 3.48. The Bertz CT molecular complexity index is 453. The lowest BCUT2D eigenvalue weighted by atomic mass is 9.90. The van der Waals surface area contributed by atoms with Crippen molar-refractivity contribution >= 4 is 17.3 Å². The van der Waals surface area contributed by atoms with Crippen LogP contribution in [0.5, 0.6) is 0 Å². The first-order valence-electron chi connectivity index (χ1n) is 6.62. The summed E-state index contributed by atoms with van der Waals surface area (Å²) in [5.74, 6) is -0.0159. The lowest BCUT2D eigenvalue weighted by Gasteiger charge is -2.24. The normalized spacial score (nSPS) is 11.2. The predicted molar refractivity (Wildman–Crippen MR) is 81.4 cm³/mol. The molecule has 0 aliphatic rings. The third-order valence-electron chi connectivity index (χ3n) is 3.42. The number of benzene rings is 1. The smallest absolute Gasteiger partial charge is 0.253 e. The van der Waals surface area contributed by atoms with Gasteiger partial charge >= 0.3 is 0 Å². The van der Waals surface area contributed by atoms with Crippen molar-refractivity contribution in [1.82, 2.24) is 4.90 Å². The van der Waals surface area contributed by atoms with E-state index in [9.17, 15) is 4.79 Å². The maximum Gasteiger partial charge on any atom is 0.253 e. The van der Waals surface area contributed by atoms with Gasteiger partial charge in [-0.3, -0.25) is 4.79 Å². The van der Waals surface area contributed by atoms with Gasteiger partial charge in [-0.15, -0.1) is 0 Å². The van der Waals surface area contributed by atoms with E-state index in [0.29, 0.717) is 11.3 Å². The maximum absolute atomic E-state index is 11.9. The van der Waals surface area contributed by atoms with E-state index in [1.807, 2.05) is 6.07 Å². The van der Waals surface area contributed by atoms with Crippen molar-refractivity contribution in [2.75, 3.05) is 31.7 Å². The van der Waals surface area contributed by atoms with Gasteiger partial charge in [0.2, 0.25) is 0 Å². The van der Waals surface area contributed by atoms with Crippen LogP contribution >= 0.6 is 0 Å². The minimum absolute atomic E-state index is 0.0159. The molecule has 0 fully saturated rings. The Morgan fingerprint density at radius 2 is 2.00 bits per heavy atom. The minimum Gasteiger partial charge on any atom is -0.397 e. The summed E-state index contributed by atoms with van der Waals surface area (Å²) in [6, 6.07) is 5.36. The molecule has 4 heteroatoms. The second kappa shape index (κ2) is 5.95. The number of anilines is 2. The van der Waals surface area contributed by atoms with Crippen molar-refractivity contribution in [3.63, 3.8) is 0 Å². The van der Waals surface area contributed by atoms with Crippen LogP contribution in [-0.2, 0) is 0 Å². The van der Waals surface area contributed by atoms with Crippen LogP contribution in [0, 0.1) is 5.41 Å². The van der Waals surface area contributed by atoms with E-state index in [2.05, 4.69) is 26.1 Å². The minimum atomic E-state index is -0.0159. The van der Waals surface area contributed by atoms with E-state index < -0.39 is 0 Å². The van der Waals surface area contributed by atoms with Crippen LogP contribution in [0.1, 0.15) is 37.6 Å². The SMILES string of the molecule is CCC(C)(C)CNc1cc(C(=O)N(C)C)ccc1N. The molecule has 0 aliphatic carbocycles. The Balaban J connectivity index is 2.89. The molecule has 1 rings (SSSR count). The lowest BCUT2D eigenvalue weighted by molar-refractivity contribution is 0.0827. The van der Waals surface area contributed by atoms with Gasteiger partial charge in [0, 0.05) is 26.2 Å². The van der Waals surface area contributed by atoms with Crippen LogP contribution < -0.4 is 11.1 Å². The number of carbonyl (C=O) groups excluding carboxylic acids is 1. The molecular weight excluding hydrogens is 238 g/mol. The average Bonchev–Trinajstić information content (AvgIpc) is 2.37. The molecule has 0 heterocycles. The van der Waals surface area contributed by atoms with Gasteiger partial charge in [0.25, 0.3) is 5.91 Å². The molecule has 0 atom stereocenters. The summed E-state index contributed by atoms with van der Waals surface area (Å²) in [6.45, 7) is 7.39. The molecule has 0 unspecified atom stereocenters. The van der Waals surface area contributed by atoms with Gasteiger partial charge in [-0.05, 0) is 30.0 Å². The quantitative estimate of drug-likeness (QED) is 0.803. The lowest BCUT2D eigenvalue weighted by Crippen LogP contribution is -2.24. The number of nitrogens with one attached hydrogen (secondary N) is 1. The summed E-state index contributed by atoms with van der Waals surface area (Å²) in [5.41, 5.74) is 8.30. The van der Waals surface area contributed by atoms with E-state index >= 15 is 0 Å². The number of nitrogens with zero attached hydrogens (tertiary/aromatic N) is 1. The molecule has 19 heavy (non-hydrogen) atoms. The van der Waals surface area contributed by atoms with Gasteiger partial charge in [-0.25, -0.2) is 0 Å². The van der Waals surface area contributed by atoms with Gasteiger partial charge < -0.3 is 16.0 Å². The number of amides is 1. The summed E-state index contributed by atoms with van der Waals surface area (Å²) in [5, 5.41) is 3.34. The summed E-state index contributed by atoms with van der Waals surface area (Å²) < 4.78 is 0. The van der Waals surface area contributed by atoms with Crippen LogP contribution in [0.25, 0.3) is 0 Å². The molecule has 1 aromatic carbocycles. The molecular formula is C15H25N3O. The first-order chi connectivity index (χ1) is 8.76. The molecule has 4 nitrogen and oxygen atoms in total. The Morgan fingerprint density at radius 3 is 2.53 bits per heavy atom. The van der Waals surface area contributed by atoms with E-state index in [1.165, 1.54) is 0 Å². The molecule has 106 valence electrons. The second-order valence-electron chi connectivity index (χ2n) is 5.87. The number of hydrogen-bond acceptors (Lipinski definition) is 3. The molecule has 0 spiro atoms. The van der Waals surface area contributed by atoms with Crippen molar-refractivity contribution in [1.29, 1.82) is 0 Å². The number of carbonyl (C=O) groups is 1. The highest BCUT2D eigenvalue weighted by atomic mass is 16.2. The van der Waals surface area contributed by atoms with E-state index in [0.717, 1.165) is 18.7 Å². The van der Waals surface area contributed by atoms with Gasteiger partial charge in [-0.2, -0.15) is 0 Å². The first-order valence-corrected chi connectivity index (χ1v) is 6.62. The van der Waals surface area contributed by atoms with Crippen LogP contribution in [0.4, 0.5) is 11.4 Å². The summed E-state index contributed by atoms with van der Waals surface area (Å²) in [6.07, 6.45) is 1.08. The zero-order valence-electron chi connectivity index (χ0n) is 12.6. The Hall–Kier alpha value is -1.71. The summed E-state index contributed by atoms with van der Waals surface area (Å²) >= 11 is 0. The highest BCUT2D eigenvalue weighted by Crippen LogP contribution is 2.25. The predicted octanol–water partition coefficient (Wildman–Crippen LogP) is 2.82. The van der Waals surface area contributed by atoms with Crippen molar-refractivity contribution < 1.29 is 4.79 Å². The van der Waals surface area contributed by atoms with Crippen molar-refractivity contribution in [3.05, 3.63) is 23.8 Å². The van der Waals surface area contributed by atoms with E-state index in [1.54, 1.807) is 31.1 Å². The zero-order valence-corrected chi connectivity index (χ0v) is 12.6. The standard InChI is InChI=1S/C15H25N3O/c1-6-15(2,3)10-17-13-9-11(7-8-12(13)16)14(19)18(4)5/h7-9,17H,6,10,16H2,1-5H3. The average molecular weight is 263 g/mol. The van der Waals surface area contributed by atoms with Gasteiger partial charge in [0.05, 0.1) is 11.4 Å². The first kappa shape index (κ1) is 15.3. The largest absolute Gasteiger partial charge is 0.397 e. The van der Waals surface area contributed by atoms with E-state index in [4.69, 9.17) is 5.73 Å². The van der Waals surface area contributed by atoms with Gasteiger partial charge in [0.1, 0.15) is 0 Å². The third-order valence-corrected chi connectivity index (χ3v) is 3.42. The number of nitrogens with two attached hydrogens (primary N) is 1. The molecule has 0 aliphatic heterocycles. The molecule has 0 bridgehead atoms. The molecule has 0 saturated carbocycles. The topological polar surface area (TPSA) is 58.4 Å². The second-order valence-corrected chi connectivity index (χ2v) is 5.87. The zero-order chi connectivity index (χ0) is 14.6.